The van der Waals surface area contributed by atoms with Crippen LogP contribution in [0.25, 0.3) is 0 Å². The lowest BCUT2D eigenvalue weighted by Gasteiger charge is -2.23. The fourth-order valence-electron chi connectivity index (χ4n) is 1.58. The van der Waals surface area contributed by atoms with E-state index in [1.165, 1.54) is 6.07 Å². The zero-order valence-electron chi connectivity index (χ0n) is 8.71. The molecule has 1 heterocycles. The maximum Gasteiger partial charge on any atom is 0.231 e. The van der Waals surface area contributed by atoms with Crippen molar-refractivity contribution in [2.24, 2.45) is 0 Å². The largest absolute Gasteiger partial charge is 0.453 e. The first kappa shape index (κ1) is 10.2. The maximum absolute atomic E-state index is 13.3. The molecule has 1 aromatic rings. The summed E-state index contributed by atoms with van der Waals surface area (Å²) in [5.41, 5.74) is 0.296. The summed E-state index contributed by atoms with van der Waals surface area (Å²) in [6.07, 6.45) is 0. The molecule has 1 N–H and O–H groups in total. The van der Waals surface area contributed by atoms with Crippen molar-refractivity contribution in [1.82, 2.24) is 0 Å². The van der Waals surface area contributed by atoms with Gasteiger partial charge in [-0.3, -0.25) is 0 Å². The minimum Gasteiger partial charge on any atom is -0.453 e. The molecule has 0 saturated carbocycles. The van der Waals surface area contributed by atoms with Crippen molar-refractivity contribution in [2.75, 3.05) is 13.4 Å². The Balaban J connectivity index is 2.55. The molecular formula is C11H13FO3. The Morgan fingerprint density at radius 2 is 2.00 bits per heavy atom. The fourth-order valence-corrected chi connectivity index (χ4v) is 1.58. The fraction of sp³-hybridized carbons (Fsp3) is 0.455. The third-order valence-electron chi connectivity index (χ3n) is 2.60. The van der Waals surface area contributed by atoms with Gasteiger partial charge >= 0.3 is 0 Å². The van der Waals surface area contributed by atoms with E-state index in [1.54, 1.807) is 6.07 Å². The summed E-state index contributed by atoms with van der Waals surface area (Å²) in [5, 5.41) is 9.26. The Bertz CT molecular complexity index is 388. The van der Waals surface area contributed by atoms with Gasteiger partial charge in [0.05, 0.1) is 6.61 Å². The van der Waals surface area contributed by atoms with E-state index in [0.29, 0.717) is 5.75 Å². The maximum atomic E-state index is 13.3. The van der Waals surface area contributed by atoms with Crippen LogP contribution >= 0.6 is 0 Å². The van der Waals surface area contributed by atoms with E-state index >= 15 is 0 Å². The molecule has 0 saturated heterocycles. The SMILES string of the molecule is CC(C)(CO)c1ccc(F)c2c1OCO2. The number of hydrogen-bond acceptors (Lipinski definition) is 3. The number of fused-ring (bicyclic) bond motifs is 1. The second-order valence-electron chi connectivity index (χ2n) is 4.20. The van der Waals surface area contributed by atoms with E-state index in [2.05, 4.69) is 0 Å². The van der Waals surface area contributed by atoms with E-state index in [-0.39, 0.29) is 19.1 Å². The number of rotatable bonds is 2. The highest BCUT2D eigenvalue weighted by atomic mass is 19.1. The molecule has 0 radical (unpaired) electrons. The lowest BCUT2D eigenvalue weighted by Crippen LogP contribution is -2.22. The summed E-state index contributed by atoms with van der Waals surface area (Å²) < 4.78 is 23.6. The van der Waals surface area contributed by atoms with Crippen molar-refractivity contribution >= 4 is 0 Å². The highest BCUT2D eigenvalue weighted by Gasteiger charge is 2.30. The molecule has 0 spiro atoms. The van der Waals surface area contributed by atoms with Crippen LogP contribution in [0, 0.1) is 5.82 Å². The second-order valence-corrected chi connectivity index (χ2v) is 4.20. The van der Waals surface area contributed by atoms with Crippen molar-refractivity contribution in [1.29, 1.82) is 0 Å². The molecule has 0 bridgehead atoms. The second kappa shape index (κ2) is 3.38. The molecule has 82 valence electrons. The predicted octanol–water partition coefficient (Wildman–Crippen LogP) is 1.82. The molecule has 3 nitrogen and oxygen atoms in total. The van der Waals surface area contributed by atoms with Gasteiger partial charge in [-0.05, 0) is 6.07 Å². The molecule has 0 unspecified atom stereocenters. The summed E-state index contributed by atoms with van der Waals surface area (Å²) in [6.45, 7) is 3.73. The van der Waals surface area contributed by atoms with Crippen LogP contribution < -0.4 is 9.47 Å². The molecule has 0 aromatic heterocycles. The van der Waals surface area contributed by atoms with Gasteiger partial charge in [0.25, 0.3) is 0 Å². The average Bonchev–Trinajstić information content (AvgIpc) is 2.67. The molecule has 0 atom stereocenters. The quantitative estimate of drug-likeness (QED) is 0.812. The molecular weight excluding hydrogens is 199 g/mol. The first-order valence-electron chi connectivity index (χ1n) is 4.76. The zero-order valence-corrected chi connectivity index (χ0v) is 8.71. The number of aliphatic hydroxyl groups is 1. The van der Waals surface area contributed by atoms with Crippen LogP contribution in [0.15, 0.2) is 12.1 Å². The minimum absolute atomic E-state index is 0.0325. The van der Waals surface area contributed by atoms with Crippen molar-refractivity contribution in [3.05, 3.63) is 23.5 Å². The van der Waals surface area contributed by atoms with E-state index in [9.17, 15) is 9.50 Å². The van der Waals surface area contributed by atoms with E-state index in [4.69, 9.17) is 9.47 Å². The van der Waals surface area contributed by atoms with Gasteiger partial charge in [-0.15, -0.1) is 0 Å². The number of hydrogen-bond donors (Lipinski definition) is 1. The Hall–Kier alpha value is -1.29. The Labute approximate surface area is 87.4 Å². The molecule has 0 fully saturated rings. The van der Waals surface area contributed by atoms with Gasteiger partial charge in [0.15, 0.2) is 11.6 Å². The van der Waals surface area contributed by atoms with E-state index < -0.39 is 11.2 Å². The molecule has 1 aliphatic rings. The van der Waals surface area contributed by atoms with E-state index in [0.717, 1.165) is 5.56 Å². The highest BCUT2D eigenvalue weighted by molar-refractivity contribution is 5.52. The average molecular weight is 212 g/mol. The Morgan fingerprint density at radius 3 is 2.67 bits per heavy atom. The highest BCUT2D eigenvalue weighted by Crippen LogP contribution is 2.42. The summed E-state index contributed by atoms with van der Waals surface area (Å²) in [6, 6.07) is 2.96. The number of aliphatic hydroxyl groups excluding tert-OH is 1. The summed E-state index contributed by atoms with van der Waals surface area (Å²) >= 11 is 0. The van der Waals surface area contributed by atoms with Crippen molar-refractivity contribution in [3.8, 4) is 11.5 Å². The first-order chi connectivity index (χ1) is 7.06. The third-order valence-corrected chi connectivity index (χ3v) is 2.60. The summed E-state index contributed by atoms with van der Waals surface area (Å²) in [5.74, 6) is 0.128. The Kier molecular flexibility index (Phi) is 2.31. The first-order valence-corrected chi connectivity index (χ1v) is 4.76. The van der Waals surface area contributed by atoms with Crippen LogP contribution in [0.2, 0.25) is 0 Å². The third kappa shape index (κ3) is 1.55. The molecule has 1 aromatic carbocycles. The number of benzene rings is 1. The van der Waals surface area contributed by atoms with Gasteiger partial charge < -0.3 is 14.6 Å². The van der Waals surface area contributed by atoms with Crippen LogP contribution in [0.1, 0.15) is 19.4 Å². The van der Waals surface area contributed by atoms with E-state index in [1.807, 2.05) is 13.8 Å². The summed E-state index contributed by atoms with van der Waals surface area (Å²) in [4.78, 5) is 0. The topological polar surface area (TPSA) is 38.7 Å². The molecule has 0 aliphatic carbocycles. The predicted molar refractivity (Wildman–Crippen MR) is 52.6 cm³/mol. The van der Waals surface area contributed by atoms with Crippen molar-refractivity contribution in [3.63, 3.8) is 0 Å². The molecule has 15 heavy (non-hydrogen) atoms. The normalized spacial score (nSPS) is 14.4. The van der Waals surface area contributed by atoms with Crippen LogP contribution in [-0.2, 0) is 5.41 Å². The van der Waals surface area contributed by atoms with Crippen molar-refractivity contribution < 1.29 is 19.0 Å². The van der Waals surface area contributed by atoms with Gasteiger partial charge in [-0.1, -0.05) is 19.9 Å². The lowest BCUT2D eigenvalue weighted by atomic mass is 9.85. The summed E-state index contributed by atoms with van der Waals surface area (Å²) in [7, 11) is 0. The molecule has 4 heteroatoms. The van der Waals surface area contributed by atoms with Gasteiger partial charge in [0, 0.05) is 11.0 Å². The van der Waals surface area contributed by atoms with Gasteiger partial charge in [-0.2, -0.15) is 0 Å². The van der Waals surface area contributed by atoms with Gasteiger partial charge in [0.2, 0.25) is 12.5 Å². The molecule has 1 aliphatic heterocycles. The van der Waals surface area contributed by atoms with Crippen LogP contribution in [0.3, 0.4) is 0 Å². The van der Waals surface area contributed by atoms with Crippen LogP contribution in [-0.4, -0.2) is 18.5 Å². The monoisotopic (exact) mass is 212 g/mol. The smallest absolute Gasteiger partial charge is 0.231 e. The van der Waals surface area contributed by atoms with Crippen LogP contribution in [0.4, 0.5) is 4.39 Å². The minimum atomic E-state index is -0.467. The molecule has 2 rings (SSSR count). The zero-order chi connectivity index (χ0) is 11.1. The lowest BCUT2D eigenvalue weighted by molar-refractivity contribution is 0.166. The Morgan fingerprint density at radius 1 is 1.33 bits per heavy atom. The van der Waals surface area contributed by atoms with Gasteiger partial charge in [0.1, 0.15) is 0 Å². The van der Waals surface area contributed by atoms with Crippen LogP contribution in [0.5, 0.6) is 11.5 Å². The number of ether oxygens (including phenoxy) is 2. The number of halogens is 1. The molecule has 0 amide bonds. The standard InChI is InChI=1S/C11H13FO3/c1-11(2,5-13)7-3-4-8(12)10-9(7)14-6-15-10/h3-4,13H,5-6H2,1-2H3. The van der Waals surface area contributed by atoms with Gasteiger partial charge in [-0.25, -0.2) is 4.39 Å². The van der Waals surface area contributed by atoms with Crippen molar-refractivity contribution in [2.45, 2.75) is 19.3 Å².